The van der Waals surface area contributed by atoms with E-state index in [-0.39, 0.29) is 17.4 Å². The van der Waals surface area contributed by atoms with Gasteiger partial charge in [-0.15, -0.1) is 0 Å². The molecule has 1 heterocycles. The smallest absolute Gasteiger partial charge is 0.266 e. The van der Waals surface area contributed by atoms with Crippen molar-refractivity contribution in [1.82, 2.24) is 15.1 Å². The summed E-state index contributed by atoms with van der Waals surface area (Å²) in [5.41, 5.74) is 0.651. The number of nitrogens with one attached hydrogen (secondary N) is 1. The van der Waals surface area contributed by atoms with Crippen LogP contribution in [0.25, 0.3) is 0 Å². The molecular formula is C13H21N3O2. The van der Waals surface area contributed by atoms with E-state index >= 15 is 0 Å². The van der Waals surface area contributed by atoms with Gasteiger partial charge in [0.25, 0.3) is 5.56 Å². The highest BCUT2D eigenvalue weighted by molar-refractivity contribution is 5.78. The number of aromatic nitrogens is 2. The van der Waals surface area contributed by atoms with E-state index in [2.05, 4.69) is 10.4 Å². The fourth-order valence-electron chi connectivity index (χ4n) is 1.80. The molecule has 0 aromatic carbocycles. The SMILES string of the molecule is CCC(CC)C(=O)NCCn1nc(C)ccc1=O. The molecule has 0 atom stereocenters. The Bertz CT molecular complexity index is 450. The van der Waals surface area contributed by atoms with Crippen LogP contribution in [0.4, 0.5) is 0 Å². The normalized spacial score (nSPS) is 10.7. The molecule has 0 bridgehead atoms. The van der Waals surface area contributed by atoms with E-state index in [0.717, 1.165) is 18.5 Å². The van der Waals surface area contributed by atoms with Gasteiger partial charge < -0.3 is 5.32 Å². The van der Waals surface area contributed by atoms with Crippen LogP contribution in [0.2, 0.25) is 0 Å². The summed E-state index contributed by atoms with van der Waals surface area (Å²) in [4.78, 5) is 23.2. The molecule has 1 aromatic rings. The Morgan fingerprint density at radius 1 is 1.39 bits per heavy atom. The number of carbonyl (C=O) groups excluding carboxylic acids is 1. The van der Waals surface area contributed by atoms with Gasteiger partial charge in [0.1, 0.15) is 0 Å². The minimum absolute atomic E-state index is 0.0562. The molecular weight excluding hydrogens is 230 g/mol. The number of aryl methyl sites for hydroxylation is 1. The number of rotatable bonds is 6. The Labute approximate surface area is 107 Å². The third-order valence-corrected chi connectivity index (χ3v) is 2.98. The van der Waals surface area contributed by atoms with E-state index in [0.29, 0.717) is 13.1 Å². The van der Waals surface area contributed by atoms with Crippen LogP contribution in [0.15, 0.2) is 16.9 Å². The largest absolute Gasteiger partial charge is 0.354 e. The van der Waals surface area contributed by atoms with Crippen LogP contribution in [0.5, 0.6) is 0 Å². The first-order chi connectivity index (χ1) is 8.58. The van der Waals surface area contributed by atoms with E-state index in [1.165, 1.54) is 10.7 Å². The highest BCUT2D eigenvalue weighted by atomic mass is 16.2. The van der Waals surface area contributed by atoms with Gasteiger partial charge in [-0.3, -0.25) is 9.59 Å². The Balaban J connectivity index is 2.49. The lowest BCUT2D eigenvalue weighted by atomic mass is 10.0. The lowest BCUT2D eigenvalue weighted by Gasteiger charge is -2.13. The number of hydrogen-bond acceptors (Lipinski definition) is 3. The van der Waals surface area contributed by atoms with Gasteiger partial charge in [-0.1, -0.05) is 13.8 Å². The van der Waals surface area contributed by atoms with Crippen molar-refractivity contribution >= 4 is 5.91 Å². The molecule has 18 heavy (non-hydrogen) atoms. The quantitative estimate of drug-likeness (QED) is 0.823. The van der Waals surface area contributed by atoms with E-state index in [4.69, 9.17) is 0 Å². The second kappa shape index (κ2) is 6.93. The zero-order valence-corrected chi connectivity index (χ0v) is 11.3. The number of amides is 1. The third kappa shape index (κ3) is 3.98. The first kappa shape index (κ1) is 14.4. The Morgan fingerprint density at radius 2 is 2.06 bits per heavy atom. The maximum Gasteiger partial charge on any atom is 0.266 e. The van der Waals surface area contributed by atoms with Crippen molar-refractivity contribution < 1.29 is 4.79 Å². The van der Waals surface area contributed by atoms with Crippen LogP contribution < -0.4 is 10.9 Å². The van der Waals surface area contributed by atoms with E-state index in [9.17, 15) is 9.59 Å². The summed E-state index contributed by atoms with van der Waals surface area (Å²) in [5.74, 6) is 0.118. The van der Waals surface area contributed by atoms with Gasteiger partial charge in [-0.2, -0.15) is 5.10 Å². The summed E-state index contributed by atoms with van der Waals surface area (Å²) in [6, 6.07) is 3.17. The molecule has 5 nitrogen and oxygen atoms in total. The second-order valence-electron chi connectivity index (χ2n) is 4.34. The lowest BCUT2D eigenvalue weighted by Crippen LogP contribution is -2.35. The minimum atomic E-state index is -0.141. The van der Waals surface area contributed by atoms with Gasteiger partial charge in [0, 0.05) is 18.5 Å². The average molecular weight is 251 g/mol. The van der Waals surface area contributed by atoms with Gasteiger partial charge in [-0.05, 0) is 25.8 Å². The maximum absolute atomic E-state index is 11.7. The molecule has 0 saturated carbocycles. The van der Waals surface area contributed by atoms with Gasteiger partial charge in [0.05, 0.1) is 12.2 Å². The zero-order valence-electron chi connectivity index (χ0n) is 11.3. The van der Waals surface area contributed by atoms with Crippen molar-refractivity contribution in [2.75, 3.05) is 6.54 Å². The van der Waals surface area contributed by atoms with Crippen LogP contribution >= 0.6 is 0 Å². The maximum atomic E-state index is 11.7. The summed E-state index contributed by atoms with van der Waals surface area (Å²) < 4.78 is 1.38. The van der Waals surface area contributed by atoms with Crippen LogP contribution in [-0.2, 0) is 11.3 Å². The Hall–Kier alpha value is -1.65. The summed E-state index contributed by atoms with van der Waals surface area (Å²) in [6.45, 7) is 6.68. The highest BCUT2D eigenvalue weighted by Crippen LogP contribution is 2.06. The molecule has 0 aliphatic rings. The molecule has 100 valence electrons. The number of carbonyl (C=O) groups is 1. The predicted molar refractivity (Wildman–Crippen MR) is 70.3 cm³/mol. The van der Waals surface area contributed by atoms with Crippen molar-refractivity contribution in [2.24, 2.45) is 5.92 Å². The van der Waals surface area contributed by atoms with Gasteiger partial charge in [0.15, 0.2) is 0 Å². The van der Waals surface area contributed by atoms with Crippen molar-refractivity contribution in [1.29, 1.82) is 0 Å². The average Bonchev–Trinajstić information content (AvgIpc) is 2.35. The fraction of sp³-hybridized carbons (Fsp3) is 0.615. The molecule has 1 N–H and O–H groups in total. The standard InChI is InChI=1S/C13H21N3O2/c1-4-11(5-2)13(18)14-8-9-16-12(17)7-6-10(3)15-16/h6-7,11H,4-5,8-9H2,1-3H3,(H,14,18). The second-order valence-corrected chi connectivity index (χ2v) is 4.34. The third-order valence-electron chi connectivity index (χ3n) is 2.98. The molecule has 0 aliphatic carbocycles. The van der Waals surface area contributed by atoms with Crippen LogP contribution in [-0.4, -0.2) is 22.2 Å². The monoisotopic (exact) mass is 251 g/mol. The van der Waals surface area contributed by atoms with Crippen molar-refractivity contribution in [3.8, 4) is 0 Å². The molecule has 0 saturated heterocycles. The first-order valence-corrected chi connectivity index (χ1v) is 6.41. The van der Waals surface area contributed by atoms with E-state index in [1.807, 2.05) is 20.8 Å². The first-order valence-electron chi connectivity index (χ1n) is 6.41. The topological polar surface area (TPSA) is 64.0 Å². The number of nitrogens with zero attached hydrogens (tertiary/aromatic N) is 2. The Kier molecular flexibility index (Phi) is 5.55. The van der Waals surface area contributed by atoms with Crippen LogP contribution in [0, 0.1) is 12.8 Å². The molecule has 0 spiro atoms. The molecule has 0 aliphatic heterocycles. The van der Waals surface area contributed by atoms with Gasteiger partial charge >= 0.3 is 0 Å². The number of hydrogen-bond donors (Lipinski definition) is 1. The summed E-state index contributed by atoms with van der Waals surface area (Å²) in [7, 11) is 0. The summed E-state index contributed by atoms with van der Waals surface area (Å²) >= 11 is 0. The predicted octanol–water partition coefficient (Wildman–Crippen LogP) is 1.10. The van der Waals surface area contributed by atoms with E-state index in [1.54, 1.807) is 6.07 Å². The van der Waals surface area contributed by atoms with Crippen LogP contribution in [0.1, 0.15) is 32.4 Å². The molecule has 1 rings (SSSR count). The zero-order chi connectivity index (χ0) is 13.5. The van der Waals surface area contributed by atoms with Gasteiger partial charge in [-0.25, -0.2) is 4.68 Å². The van der Waals surface area contributed by atoms with Crippen LogP contribution in [0.3, 0.4) is 0 Å². The molecule has 1 aromatic heterocycles. The molecule has 1 amide bonds. The minimum Gasteiger partial charge on any atom is -0.354 e. The Morgan fingerprint density at radius 3 is 2.67 bits per heavy atom. The molecule has 0 unspecified atom stereocenters. The highest BCUT2D eigenvalue weighted by Gasteiger charge is 2.12. The van der Waals surface area contributed by atoms with Gasteiger partial charge in [0.2, 0.25) is 5.91 Å². The summed E-state index contributed by atoms with van der Waals surface area (Å²) in [5, 5.41) is 6.95. The van der Waals surface area contributed by atoms with Crippen molar-refractivity contribution in [3.63, 3.8) is 0 Å². The molecule has 5 heteroatoms. The molecule has 0 fully saturated rings. The van der Waals surface area contributed by atoms with Crippen molar-refractivity contribution in [3.05, 3.63) is 28.2 Å². The molecule has 0 radical (unpaired) electrons. The lowest BCUT2D eigenvalue weighted by molar-refractivity contribution is -0.125. The fourth-order valence-corrected chi connectivity index (χ4v) is 1.80. The summed E-state index contributed by atoms with van der Waals surface area (Å²) in [6.07, 6.45) is 1.68. The van der Waals surface area contributed by atoms with E-state index < -0.39 is 0 Å². The van der Waals surface area contributed by atoms with Crippen molar-refractivity contribution in [2.45, 2.75) is 40.2 Å².